The second-order valence-corrected chi connectivity index (χ2v) is 8.31. The number of amides is 1. The third kappa shape index (κ3) is 3.80. The van der Waals surface area contributed by atoms with E-state index in [-0.39, 0.29) is 6.42 Å². The molecular formula is C17H20N2O4S. The predicted octanol–water partition coefficient (Wildman–Crippen LogP) is 1.99. The SMILES string of the molecule is CC(CCc1ccc(-c2ccccc2)nc1)(C(=O)NO)S(C)(=O)=O. The summed E-state index contributed by atoms with van der Waals surface area (Å²) in [5.74, 6) is -0.932. The molecule has 2 aromatic rings. The van der Waals surface area contributed by atoms with Crippen LogP contribution in [-0.4, -0.2) is 35.5 Å². The van der Waals surface area contributed by atoms with Crippen molar-refractivity contribution < 1.29 is 18.4 Å². The highest BCUT2D eigenvalue weighted by atomic mass is 32.2. The molecule has 7 heteroatoms. The van der Waals surface area contributed by atoms with Crippen LogP contribution < -0.4 is 5.48 Å². The summed E-state index contributed by atoms with van der Waals surface area (Å²) in [6.07, 6.45) is 3.05. The fourth-order valence-corrected chi connectivity index (χ4v) is 3.18. The minimum Gasteiger partial charge on any atom is -0.289 e. The standard InChI is InChI=1S/C17H20N2O4S/c1-17(16(20)19-21,24(2,22)23)11-10-13-8-9-15(18-12-13)14-6-4-3-5-7-14/h3-9,12,21H,10-11H2,1-2H3,(H,19,20). The summed E-state index contributed by atoms with van der Waals surface area (Å²) in [5.41, 5.74) is 4.07. The molecule has 2 N–H and O–H groups in total. The summed E-state index contributed by atoms with van der Waals surface area (Å²) >= 11 is 0. The van der Waals surface area contributed by atoms with Crippen molar-refractivity contribution in [3.8, 4) is 11.3 Å². The molecule has 0 fully saturated rings. The van der Waals surface area contributed by atoms with Gasteiger partial charge in [0, 0.05) is 18.0 Å². The molecule has 1 unspecified atom stereocenters. The molecule has 0 bridgehead atoms. The Morgan fingerprint density at radius 3 is 2.38 bits per heavy atom. The van der Waals surface area contributed by atoms with E-state index in [1.165, 1.54) is 12.4 Å². The van der Waals surface area contributed by atoms with Crippen LogP contribution in [0.3, 0.4) is 0 Å². The quantitative estimate of drug-likeness (QED) is 0.615. The Kier molecular flexibility index (Phi) is 5.36. The molecule has 0 aliphatic rings. The van der Waals surface area contributed by atoms with Crippen LogP contribution in [-0.2, 0) is 21.1 Å². The van der Waals surface area contributed by atoms with E-state index in [1.54, 1.807) is 6.20 Å². The van der Waals surface area contributed by atoms with Crippen molar-refractivity contribution in [1.29, 1.82) is 0 Å². The fourth-order valence-electron chi connectivity index (χ4n) is 2.32. The van der Waals surface area contributed by atoms with E-state index in [0.717, 1.165) is 23.1 Å². The van der Waals surface area contributed by atoms with Gasteiger partial charge in [0.1, 0.15) is 4.75 Å². The van der Waals surface area contributed by atoms with Gasteiger partial charge < -0.3 is 0 Å². The van der Waals surface area contributed by atoms with Gasteiger partial charge in [-0.2, -0.15) is 0 Å². The topological polar surface area (TPSA) is 96.4 Å². The molecule has 0 aliphatic heterocycles. The van der Waals surface area contributed by atoms with Crippen LogP contribution in [0.2, 0.25) is 0 Å². The molecule has 0 saturated heterocycles. The highest BCUT2D eigenvalue weighted by Gasteiger charge is 2.43. The van der Waals surface area contributed by atoms with Gasteiger partial charge in [-0.05, 0) is 31.4 Å². The van der Waals surface area contributed by atoms with Crippen LogP contribution in [0.5, 0.6) is 0 Å². The number of carbonyl (C=O) groups excluding carboxylic acids is 1. The Bertz CT molecular complexity index is 804. The molecule has 6 nitrogen and oxygen atoms in total. The van der Waals surface area contributed by atoms with Crippen LogP contribution in [0.4, 0.5) is 0 Å². The summed E-state index contributed by atoms with van der Waals surface area (Å²) in [7, 11) is -3.69. The van der Waals surface area contributed by atoms with Gasteiger partial charge in [0.15, 0.2) is 9.84 Å². The van der Waals surface area contributed by atoms with Gasteiger partial charge in [0.2, 0.25) is 0 Å². The lowest BCUT2D eigenvalue weighted by atomic mass is 10.00. The second-order valence-electron chi connectivity index (χ2n) is 5.86. The molecule has 1 aromatic carbocycles. The number of rotatable bonds is 6. The van der Waals surface area contributed by atoms with Crippen molar-refractivity contribution >= 4 is 15.7 Å². The third-order valence-corrected chi connectivity index (χ3v) is 6.21. The molecule has 2 rings (SSSR count). The summed E-state index contributed by atoms with van der Waals surface area (Å²) in [4.78, 5) is 16.2. The van der Waals surface area contributed by atoms with Crippen LogP contribution in [0.1, 0.15) is 18.9 Å². The number of benzene rings is 1. The average Bonchev–Trinajstić information content (AvgIpc) is 2.59. The minimum atomic E-state index is -3.69. The van der Waals surface area contributed by atoms with Crippen LogP contribution in [0.25, 0.3) is 11.3 Å². The van der Waals surface area contributed by atoms with Crippen molar-refractivity contribution in [3.05, 3.63) is 54.2 Å². The van der Waals surface area contributed by atoms with Crippen molar-refractivity contribution in [2.24, 2.45) is 0 Å². The number of aromatic nitrogens is 1. The second kappa shape index (κ2) is 7.11. The number of nitrogens with zero attached hydrogens (tertiary/aromatic N) is 1. The van der Waals surface area contributed by atoms with E-state index in [1.807, 2.05) is 42.5 Å². The number of hydroxylamine groups is 1. The van der Waals surface area contributed by atoms with Crippen molar-refractivity contribution in [2.75, 3.05) is 6.26 Å². The third-order valence-electron chi connectivity index (χ3n) is 4.19. The first-order valence-electron chi connectivity index (χ1n) is 7.42. The van der Waals surface area contributed by atoms with Gasteiger partial charge in [-0.15, -0.1) is 0 Å². The maximum Gasteiger partial charge on any atom is 0.264 e. The van der Waals surface area contributed by atoms with E-state index in [4.69, 9.17) is 5.21 Å². The molecule has 1 amide bonds. The predicted molar refractivity (Wildman–Crippen MR) is 91.2 cm³/mol. The number of nitrogens with one attached hydrogen (secondary N) is 1. The van der Waals surface area contributed by atoms with Gasteiger partial charge in [-0.25, -0.2) is 13.9 Å². The highest BCUT2D eigenvalue weighted by Crippen LogP contribution is 2.24. The molecule has 24 heavy (non-hydrogen) atoms. The molecule has 1 atom stereocenters. The van der Waals surface area contributed by atoms with Crippen LogP contribution in [0, 0.1) is 0 Å². The van der Waals surface area contributed by atoms with E-state index in [0.29, 0.717) is 6.42 Å². The normalized spacial score (nSPS) is 14.0. The number of aryl methyl sites for hydroxylation is 1. The molecule has 0 spiro atoms. The van der Waals surface area contributed by atoms with Gasteiger partial charge >= 0.3 is 0 Å². The lowest BCUT2D eigenvalue weighted by Crippen LogP contribution is -2.49. The van der Waals surface area contributed by atoms with Crippen LogP contribution in [0.15, 0.2) is 48.7 Å². The van der Waals surface area contributed by atoms with E-state index >= 15 is 0 Å². The molecule has 1 aromatic heterocycles. The Labute approximate surface area is 141 Å². The van der Waals surface area contributed by atoms with Crippen LogP contribution >= 0.6 is 0 Å². The molecule has 1 heterocycles. The van der Waals surface area contributed by atoms with Gasteiger partial charge in [0.05, 0.1) is 5.69 Å². The first-order chi connectivity index (χ1) is 11.3. The summed E-state index contributed by atoms with van der Waals surface area (Å²) in [6, 6.07) is 13.4. The first kappa shape index (κ1) is 18.1. The summed E-state index contributed by atoms with van der Waals surface area (Å²) in [6.45, 7) is 1.31. The molecule has 0 radical (unpaired) electrons. The van der Waals surface area contributed by atoms with E-state index in [9.17, 15) is 13.2 Å². The van der Waals surface area contributed by atoms with E-state index in [2.05, 4.69) is 4.98 Å². The summed E-state index contributed by atoms with van der Waals surface area (Å²) in [5, 5.41) is 8.82. The maximum atomic E-state index is 11.9. The Morgan fingerprint density at radius 2 is 1.88 bits per heavy atom. The first-order valence-corrected chi connectivity index (χ1v) is 9.31. The zero-order valence-corrected chi connectivity index (χ0v) is 14.4. The Hall–Kier alpha value is -2.25. The number of hydrogen-bond donors (Lipinski definition) is 2. The fraction of sp³-hybridized carbons (Fsp3) is 0.294. The number of sulfone groups is 1. The zero-order valence-electron chi connectivity index (χ0n) is 13.6. The van der Waals surface area contributed by atoms with Crippen molar-refractivity contribution in [1.82, 2.24) is 10.5 Å². The lowest BCUT2D eigenvalue weighted by molar-refractivity contribution is -0.131. The Balaban J connectivity index is 2.15. The van der Waals surface area contributed by atoms with Gasteiger partial charge in [-0.3, -0.25) is 15.0 Å². The number of carbonyl (C=O) groups is 1. The monoisotopic (exact) mass is 348 g/mol. The molecule has 0 saturated carbocycles. The van der Waals surface area contributed by atoms with Crippen molar-refractivity contribution in [3.63, 3.8) is 0 Å². The molecule has 128 valence electrons. The Morgan fingerprint density at radius 1 is 1.21 bits per heavy atom. The van der Waals surface area contributed by atoms with Crippen molar-refractivity contribution in [2.45, 2.75) is 24.5 Å². The van der Waals surface area contributed by atoms with E-state index < -0.39 is 20.5 Å². The molecular weight excluding hydrogens is 328 g/mol. The zero-order chi connectivity index (χ0) is 17.8. The lowest BCUT2D eigenvalue weighted by Gasteiger charge is -2.24. The largest absolute Gasteiger partial charge is 0.289 e. The van der Waals surface area contributed by atoms with Gasteiger partial charge in [0.25, 0.3) is 5.91 Å². The highest BCUT2D eigenvalue weighted by molar-refractivity contribution is 7.92. The maximum absolute atomic E-state index is 11.9. The number of pyridine rings is 1. The van der Waals surface area contributed by atoms with Gasteiger partial charge in [-0.1, -0.05) is 36.4 Å². The minimum absolute atomic E-state index is 0.0462. The average molecular weight is 348 g/mol. The smallest absolute Gasteiger partial charge is 0.264 e. The number of hydrogen-bond acceptors (Lipinski definition) is 5. The molecule has 0 aliphatic carbocycles. The summed E-state index contributed by atoms with van der Waals surface area (Å²) < 4.78 is 22.2.